The average Bonchev–Trinajstić information content (AvgIpc) is 3.22. The summed E-state index contributed by atoms with van der Waals surface area (Å²) in [5.41, 5.74) is 2.17. The molecule has 1 aromatic heterocycles. The molecule has 0 saturated heterocycles. The van der Waals surface area contributed by atoms with Gasteiger partial charge in [-0.25, -0.2) is 9.78 Å². The summed E-state index contributed by atoms with van der Waals surface area (Å²) in [5, 5.41) is 6.39. The van der Waals surface area contributed by atoms with Crippen molar-refractivity contribution < 1.29 is 14.3 Å². The third-order valence-electron chi connectivity index (χ3n) is 5.93. The van der Waals surface area contributed by atoms with Gasteiger partial charge in [0.15, 0.2) is 0 Å². The molecule has 0 bridgehead atoms. The van der Waals surface area contributed by atoms with E-state index in [1.165, 1.54) is 5.69 Å². The molecular formula is C27H46N4O3Si. The molecule has 196 valence electrons. The first-order valence-corrected chi connectivity index (χ1v) is 16.8. The van der Waals surface area contributed by atoms with Crippen molar-refractivity contribution >= 4 is 14.2 Å². The van der Waals surface area contributed by atoms with Crippen molar-refractivity contribution in [2.24, 2.45) is 0 Å². The first kappa shape index (κ1) is 29.1. The second-order valence-electron chi connectivity index (χ2n) is 10.3. The highest BCUT2D eigenvalue weighted by atomic mass is 28.3. The van der Waals surface area contributed by atoms with Crippen LogP contribution in [0.2, 0.25) is 25.7 Å². The van der Waals surface area contributed by atoms with E-state index in [4.69, 9.17) is 14.5 Å². The molecule has 2 aromatic rings. The van der Waals surface area contributed by atoms with Crippen molar-refractivity contribution in [2.45, 2.75) is 91.0 Å². The number of benzene rings is 1. The van der Waals surface area contributed by atoms with Crippen LogP contribution < -0.4 is 10.6 Å². The quantitative estimate of drug-likeness (QED) is 0.208. The molecule has 2 N–H and O–H groups in total. The van der Waals surface area contributed by atoms with Crippen molar-refractivity contribution in [1.82, 2.24) is 20.2 Å². The number of ether oxygens (including phenoxy) is 2. The number of nitrogens with one attached hydrogen (secondary N) is 2. The molecule has 1 atom stereocenters. The molecule has 7 nitrogen and oxygen atoms in total. The van der Waals surface area contributed by atoms with Crippen LogP contribution in [0.15, 0.2) is 36.5 Å². The molecule has 1 unspecified atom stereocenters. The summed E-state index contributed by atoms with van der Waals surface area (Å²) in [4.78, 5) is 16.9. The number of imidazole rings is 1. The SMILES string of the molecule is CCCNCc1ncc(C(CCC)CCNC(=O)OCc2ccccc2)n1COCC[Si](C)(C)C. The minimum atomic E-state index is -1.14. The first-order valence-electron chi connectivity index (χ1n) is 13.1. The summed E-state index contributed by atoms with van der Waals surface area (Å²) in [6, 6.07) is 10.9. The highest BCUT2D eigenvalue weighted by Crippen LogP contribution is 2.26. The number of aromatic nitrogens is 2. The number of rotatable bonds is 17. The Bertz CT molecular complexity index is 852. The molecule has 35 heavy (non-hydrogen) atoms. The van der Waals surface area contributed by atoms with E-state index in [1.807, 2.05) is 36.5 Å². The zero-order valence-corrected chi connectivity index (χ0v) is 23.4. The predicted octanol–water partition coefficient (Wildman–Crippen LogP) is 5.90. The fourth-order valence-corrected chi connectivity index (χ4v) is 4.62. The summed E-state index contributed by atoms with van der Waals surface area (Å²) in [6.07, 6.45) is 5.63. The van der Waals surface area contributed by atoms with E-state index in [0.29, 0.717) is 19.2 Å². The summed E-state index contributed by atoms with van der Waals surface area (Å²) >= 11 is 0. The molecule has 2 rings (SSSR count). The molecule has 0 aliphatic heterocycles. The predicted molar refractivity (Wildman–Crippen MR) is 145 cm³/mol. The van der Waals surface area contributed by atoms with Gasteiger partial charge >= 0.3 is 6.09 Å². The van der Waals surface area contributed by atoms with Gasteiger partial charge in [-0.1, -0.05) is 70.2 Å². The molecule has 1 amide bonds. The van der Waals surface area contributed by atoms with Crippen molar-refractivity contribution in [3.63, 3.8) is 0 Å². The molecular weight excluding hydrogens is 456 g/mol. The number of carbonyl (C=O) groups excluding carboxylic acids is 1. The van der Waals surface area contributed by atoms with E-state index in [2.05, 4.69) is 48.7 Å². The second-order valence-corrected chi connectivity index (χ2v) is 15.9. The number of hydrogen-bond donors (Lipinski definition) is 2. The van der Waals surface area contributed by atoms with E-state index >= 15 is 0 Å². The van der Waals surface area contributed by atoms with Crippen LogP contribution in [0.25, 0.3) is 0 Å². The normalized spacial score (nSPS) is 12.5. The first-order chi connectivity index (χ1) is 16.8. The van der Waals surface area contributed by atoms with Crippen LogP contribution in [-0.2, 0) is 29.4 Å². The lowest BCUT2D eigenvalue weighted by Gasteiger charge is -2.21. The van der Waals surface area contributed by atoms with Gasteiger partial charge in [0, 0.05) is 39.0 Å². The zero-order valence-electron chi connectivity index (χ0n) is 22.4. The molecule has 0 fully saturated rings. The standard InChI is InChI=1S/C27H46N4O3Si/c1-6-11-24(14-16-29-27(32)34-21-23-12-9-8-10-13-23)25-19-30-26(20-28-15-7-2)31(25)22-33-17-18-35(3,4)5/h8-10,12-13,19,24,28H,6-7,11,14-18,20-22H2,1-5H3,(H,29,32). The van der Waals surface area contributed by atoms with E-state index in [9.17, 15) is 4.79 Å². The van der Waals surface area contributed by atoms with Crippen molar-refractivity contribution in [2.75, 3.05) is 19.7 Å². The number of carbonyl (C=O) groups is 1. The lowest BCUT2D eigenvalue weighted by molar-refractivity contribution is 0.0819. The highest BCUT2D eigenvalue weighted by Gasteiger charge is 2.20. The Morgan fingerprint density at radius 2 is 1.86 bits per heavy atom. The van der Waals surface area contributed by atoms with E-state index in [0.717, 1.165) is 62.8 Å². The molecule has 1 aromatic carbocycles. The Labute approximate surface area is 213 Å². The number of amides is 1. The summed E-state index contributed by atoms with van der Waals surface area (Å²) in [6.45, 7) is 15.3. The van der Waals surface area contributed by atoms with Gasteiger partial charge in [0.1, 0.15) is 19.2 Å². The van der Waals surface area contributed by atoms with Gasteiger partial charge in [-0.15, -0.1) is 0 Å². The monoisotopic (exact) mass is 502 g/mol. The van der Waals surface area contributed by atoms with E-state index < -0.39 is 8.07 Å². The van der Waals surface area contributed by atoms with Crippen LogP contribution in [0.3, 0.4) is 0 Å². The van der Waals surface area contributed by atoms with Crippen molar-refractivity contribution in [1.29, 1.82) is 0 Å². The molecule has 0 aliphatic rings. The van der Waals surface area contributed by atoms with Gasteiger partial charge < -0.3 is 24.7 Å². The maximum atomic E-state index is 12.2. The van der Waals surface area contributed by atoms with E-state index in [-0.39, 0.29) is 12.7 Å². The zero-order chi connectivity index (χ0) is 25.5. The highest BCUT2D eigenvalue weighted by molar-refractivity contribution is 6.76. The molecule has 1 heterocycles. The summed E-state index contributed by atoms with van der Waals surface area (Å²) < 4.78 is 13.7. The lowest BCUT2D eigenvalue weighted by atomic mass is 9.96. The van der Waals surface area contributed by atoms with E-state index in [1.54, 1.807) is 0 Å². The van der Waals surface area contributed by atoms with Crippen LogP contribution in [-0.4, -0.2) is 43.4 Å². The van der Waals surface area contributed by atoms with Gasteiger partial charge in [0.2, 0.25) is 0 Å². The van der Waals surface area contributed by atoms with Gasteiger partial charge in [-0.05, 0) is 37.4 Å². The van der Waals surface area contributed by atoms with Crippen LogP contribution in [0, 0.1) is 0 Å². The topological polar surface area (TPSA) is 77.4 Å². The molecule has 8 heteroatoms. The largest absolute Gasteiger partial charge is 0.445 e. The Morgan fingerprint density at radius 3 is 2.54 bits per heavy atom. The fraction of sp³-hybridized carbons (Fsp3) is 0.630. The molecule has 0 spiro atoms. The maximum absolute atomic E-state index is 12.2. The fourth-order valence-electron chi connectivity index (χ4n) is 3.87. The number of alkyl carbamates (subject to hydrolysis) is 1. The van der Waals surface area contributed by atoms with Crippen LogP contribution in [0.5, 0.6) is 0 Å². The summed E-state index contributed by atoms with van der Waals surface area (Å²) in [5.74, 6) is 1.31. The summed E-state index contributed by atoms with van der Waals surface area (Å²) in [7, 11) is -1.14. The Hall–Kier alpha value is -2.16. The van der Waals surface area contributed by atoms with Crippen LogP contribution in [0.4, 0.5) is 4.79 Å². The van der Waals surface area contributed by atoms with Gasteiger partial charge in [0.25, 0.3) is 0 Å². The molecule has 0 radical (unpaired) electrons. The number of hydrogen-bond acceptors (Lipinski definition) is 5. The van der Waals surface area contributed by atoms with Gasteiger partial charge in [0.05, 0.1) is 6.54 Å². The van der Waals surface area contributed by atoms with Crippen molar-refractivity contribution in [3.05, 3.63) is 53.6 Å². The Kier molecular flexibility index (Phi) is 13.1. The Balaban J connectivity index is 1.97. The maximum Gasteiger partial charge on any atom is 0.407 e. The average molecular weight is 503 g/mol. The molecule has 0 saturated carbocycles. The van der Waals surface area contributed by atoms with Gasteiger partial charge in [-0.3, -0.25) is 0 Å². The minimum Gasteiger partial charge on any atom is -0.445 e. The third-order valence-corrected chi connectivity index (χ3v) is 7.63. The minimum absolute atomic E-state index is 0.278. The van der Waals surface area contributed by atoms with Gasteiger partial charge in [-0.2, -0.15) is 0 Å². The second kappa shape index (κ2) is 15.8. The number of nitrogens with zero attached hydrogens (tertiary/aromatic N) is 2. The molecule has 0 aliphatic carbocycles. The Morgan fingerprint density at radius 1 is 1.09 bits per heavy atom. The lowest BCUT2D eigenvalue weighted by Crippen LogP contribution is -2.27. The van der Waals surface area contributed by atoms with Crippen LogP contribution >= 0.6 is 0 Å². The smallest absolute Gasteiger partial charge is 0.407 e. The van der Waals surface area contributed by atoms with Crippen LogP contribution in [0.1, 0.15) is 62.5 Å². The van der Waals surface area contributed by atoms with Crippen molar-refractivity contribution in [3.8, 4) is 0 Å². The third kappa shape index (κ3) is 11.4.